The molecule has 0 spiro atoms. The van der Waals surface area contributed by atoms with Crippen LogP contribution in [-0.2, 0) is 11.3 Å². The van der Waals surface area contributed by atoms with E-state index in [1.807, 2.05) is 17.0 Å². The van der Waals surface area contributed by atoms with E-state index < -0.39 is 22.9 Å². The number of nitrogens with zero attached hydrogens (tertiary/aromatic N) is 4. The predicted molar refractivity (Wildman–Crippen MR) is 127 cm³/mol. The van der Waals surface area contributed by atoms with Crippen LogP contribution in [0.3, 0.4) is 0 Å². The molecule has 4 rings (SSSR count). The third-order valence-corrected chi connectivity index (χ3v) is 5.70. The molecule has 2 aromatic heterocycles. The highest BCUT2D eigenvalue weighted by Gasteiger charge is 2.33. The molecule has 3 aromatic rings. The average Bonchev–Trinajstić information content (AvgIpc) is 2.83. The molecule has 1 fully saturated rings. The number of pyridine rings is 2. The molecule has 11 heteroatoms. The number of hydrogen-bond donors (Lipinski definition) is 3. The summed E-state index contributed by atoms with van der Waals surface area (Å²) in [6.07, 6.45) is 2.40. The van der Waals surface area contributed by atoms with E-state index in [9.17, 15) is 19.3 Å². The van der Waals surface area contributed by atoms with Crippen LogP contribution in [0.4, 0.5) is 33.1 Å². The first-order valence-corrected chi connectivity index (χ1v) is 10.7. The molecule has 176 valence electrons. The highest BCUT2D eigenvalue weighted by Crippen LogP contribution is 2.30. The van der Waals surface area contributed by atoms with Crippen LogP contribution in [0.15, 0.2) is 60.9 Å². The molecule has 0 aliphatic carbocycles. The number of piperidine rings is 1. The Bertz CT molecular complexity index is 1160. The summed E-state index contributed by atoms with van der Waals surface area (Å²) in [6.45, 7) is 1.08. The van der Waals surface area contributed by atoms with Crippen molar-refractivity contribution in [2.45, 2.75) is 19.1 Å². The summed E-state index contributed by atoms with van der Waals surface area (Å²) >= 11 is 0. The third-order valence-electron chi connectivity index (χ3n) is 5.70. The zero-order chi connectivity index (χ0) is 24.1. The lowest BCUT2D eigenvalue weighted by atomic mass is 9.94. The number of anilines is 4. The SMILES string of the molecule is NC(=O)C1CCN(c2ccc(Nc3nc(NCc4ccncc4)ccc3[N+](=O)[O-])cc2)CC1F. The molecular formula is C23H24FN7O3. The lowest BCUT2D eigenvalue weighted by molar-refractivity contribution is -0.384. The monoisotopic (exact) mass is 465 g/mol. The Morgan fingerprint density at radius 2 is 1.91 bits per heavy atom. The van der Waals surface area contributed by atoms with Gasteiger partial charge in [-0.15, -0.1) is 0 Å². The number of hydrogen-bond acceptors (Lipinski definition) is 8. The Kier molecular flexibility index (Phi) is 6.81. The van der Waals surface area contributed by atoms with Crippen molar-refractivity contribution < 1.29 is 14.1 Å². The summed E-state index contributed by atoms with van der Waals surface area (Å²) in [4.78, 5) is 32.5. The van der Waals surface area contributed by atoms with Gasteiger partial charge in [-0.2, -0.15) is 0 Å². The zero-order valence-corrected chi connectivity index (χ0v) is 18.2. The second-order valence-corrected chi connectivity index (χ2v) is 7.96. The van der Waals surface area contributed by atoms with Gasteiger partial charge < -0.3 is 21.3 Å². The van der Waals surface area contributed by atoms with E-state index in [1.165, 1.54) is 6.07 Å². The van der Waals surface area contributed by atoms with Gasteiger partial charge >= 0.3 is 5.69 Å². The van der Waals surface area contributed by atoms with Gasteiger partial charge in [0.2, 0.25) is 11.7 Å². The first-order chi connectivity index (χ1) is 16.4. The van der Waals surface area contributed by atoms with Crippen molar-refractivity contribution in [1.29, 1.82) is 0 Å². The van der Waals surface area contributed by atoms with E-state index in [2.05, 4.69) is 20.6 Å². The average molecular weight is 465 g/mol. The second-order valence-electron chi connectivity index (χ2n) is 7.96. The molecule has 0 saturated carbocycles. The Morgan fingerprint density at radius 1 is 1.18 bits per heavy atom. The van der Waals surface area contributed by atoms with Crippen LogP contribution < -0.4 is 21.3 Å². The summed E-state index contributed by atoms with van der Waals surface area (Å²) in [5, 5.41) is 17.6. The summed E-state index contributed by atoms with van der Waals surface area (Å²) in [6, 6.07) is 13.7. The molecule has 0 bridgehead atoms. The van der Waals surface area contributed by atoms with Crippen molar-refractivity contribution in [3.05, 3.63) is 76.6 Å². The molecule has 34 heavy (non-hydrogen) atoms. The normalized spacial score (nSPS) is 17.7. The van der Waals surface area contributed by atoms with Crippen molar-refractivity contribution in [2.75, 3.05) is 28.6 Å². The van der Waals surface area contributed by atoms with Crippen molar-refractivity contribution >= 4 is 34.6 Å². The Hall–Kier alpha value is -4.28. The van der Waals surface area contributed by atoms with Gasteiger partial charge in [0.15, 0.2) is 0 Å². The maximum absolute atomic E-state index is 14.3. The van der Waals surface area contributed by atoms with Gasteiger partial charge in [0.25, 0.3) is 0 Å². The molecule has 3 heterocycles. The number of nitrogens with two attached hydrogens (primary N) is 1. The number of rotatable bonds is 8. The van der Waals surface area contributed by atoms with Crippen molar-refractivity contribution in [2.24, 2.45) is 11.7 Å². The molecule has 2 unspecified atom stereocenters. The van der Waals surface area contributed by atoms with Gasteiger partial charge in [0.05, 0.1) is 10.8 Å². The zero-order valence-electron chi connectivity index (χ0n) is 18.2. The standard InChI is InChI=1S/C23H24FN7O3/c24-19-14-30(12-9-18(19)22(25)32)17-3-1-16(2-4-17)28-23-20(31(33)34)5-6-21(29-23)27-13-15-7-10-26-11-8-15/h1-8,10-11,18-19H,9,12-14H2,(H2,25,32)(H2,27,28,29). The topological polar surface area (TPSA) is 139 Å². The Morgan fingerprint density at radius 3 is 2.56 bits per heavy atom. The van der Waals surface area contributed by atoms with Crippen LogP contribution in [0.25, 0.3) is 0 Å². The van der Waals surface area contributed by atoms with E-state index in [4.69, 9.17) is 5.73 Å². The molecule has 4 N–H and O–H groups in total. The van der Waals surface area contributed by atoms with E-state index in [0.717, 1.165) is 11.3 Å². The summed E-state index contributed by atoms with van der Waals surface area (Å²) < 4.78 is 14.3. The molecule has 10 nitrogen and oxygen atoms in total. The number of benzene rings is 1. The number of nitrogens with one attached hydrogen (secondary N) is 2. The highest BCUT2D eigenvalue weighted by molar-refractivity contribution is 5.78. The van der Waals surface area contributed by atoms with Crippen LogP contribution in [0.1, 0.15) is 12.0 Å². The lowest BCUT2D eigenvalue weighted by Gasteiger charge is -2.34. The fraction of sp³-hybridized carbons (Fsp3) is 0.261. The van der Waals surface area contributed by atoms with Crippen molar-refractivity contribution in [3.63, 3.8) is 0 Å². The third kappa shape index (κ3) is 5.37. The number of carbonyl (C=O) groups excluding carboxylic acids is 1. The molecule has 1 aromatic carbocycles. The van der Waals surface area contributed by atoms with Gasteiger partial charge in [0.1, 0.15) is 12.0 Å². The molecule has 1 saturated heterocycles. The highest BCUT2D eigenvalue weighted by atomic mass is 19.1. The first-order valence-electron chi connectivity index (χ1n) is 10.7. The van der Waals surface area contributed by atoms with Crippen molar-refractivity contribution in [3.8, 4) is 0 Å². The fourth-order valence-corrected chi connectivity index (χ4v) is 3.83. The molecular weight excluding hydrogens is 441 g/mol. The minimum Gasteiger partial charge on any atom is -0.369 e. The Balaban J connectivity index is 1.46. The first kappa shape index (κ1) is 22.9. The van der Waals surface area contributed by atoms with Gasteiger partial charge in [0, 0.05) is 49.5 Å². The maximum Gasteiger partial charge on any atom is 0.311 e. The molecule has 1 aliphatic rings. The van der Waals surface area contributed by atoms with E-state index in [-0.39, 0.29) is 18.1 Å². The van der Waals surface area contributed by atoms with Gasteiger partial charge in [-0.25, -0.2) is 9.37 Å². The van der Waals surface area contributed by atoms with E-state index >= 15 is 0 Å². The largest absolute Gasteiger partial charge is 0.369 e. The number of nitro groups is 1. The van der Waals surface area contributed by atoms with E-state index in [0.29, 0.717) is 31.0 Å². The molecule has 0 radical (unpaired) electrons. The summed E-state index contributed by atoms with van der Waals surface area (Å²) in [7, 11) is 0. The number of primary amides is 1. The Labute approximate surface area is 195 Å². The van der Waals surface area contributed by atoms with Crippen molar-refractivity contribution in [1.82, 2.24) is 9.97 Å². The van der Waals surface area contributed by atoms with Crippen LogP contribution in [0, 0.1) is 16.0 Å². The van der Waals surface area contributed by atoms with Gasteiger partial charge in [-0.3, -0.25) is 19.9 Å². The number of halogens is 1. The molecule has 2 atom stereocenters. The summed E-state index contributed by atoms with van der Waals surface area (Å²) in [5.41, 5.74) is 7.47. The minimum absolute atomic E-state index is 0.0819. The maximum atomic E-state index is 14.3. The minimum atomic E-state index is -1.32. The lowest BCUT2D eigenvalue weighted by Crippen LogP contribution is -2.46. The summed E-state index contributed by atoms with van der Waals surface area (Å²) in [5.74, 6) is -0.794. The van der Waals surface area contributed by atoms with Crippen LogP contribution in [0.2, 0.25) is 0 Å². The number of amides is 1. The smallest absolute Gasteiger partial charge is 0.311 e. The van der Waals surface area contributed by atoms with Crippen LogP contribution in [0.5, 0.6) is 0 Å². The van der Waals surface area contributed by atoms with Gasteiger partial charge in [-0.1, -0.05) is 0 Å². The number of alkyl halides is 1. The van der Waals surface area contributed by atoms with Crippen LogP contribution >= 0.6 is 0 Å². The molecule has 1 aliphatic heterocycles. The van der Waals surface area contributed by atoms with E-state index in [1.54, 1.807) is 42.7 Å². The number of aromatic nitrogens is 2. The number of carbonyl (C=O) groups is 1. The van der Waals surface area contributed by atoms with Crippen LogP contribution in [-0.4, -0.2) is 40.1 Å². The van der Waals surface area contributed by atoms with Gasteiger partial charge in [-0.05, 0) is 54.4 Å². The predicted octanol–water partition coefficient (Wildman–Crippen LogP) is 3.39. The fourth-order valence-electron chi connectivity index (χ4n) is 3.83. The molecule has 1 amide bonds. The quantitative estimate of drug-likeness (QED) is 0.340. The second kappa shape index (κ2) is 10.1.